The molecule has 0 saturated carbocycles. The smallest absolute Gasteiger partial charge is 0.261 e. The number of carbonyl (C=O) groups is 1. The number of nitrogens with one attached hydrogen (secondary N) is 1. The standard InChI is InChI=1S/C24H27N3O2/c1-16-9-6-7-10-19(16)17(2)25-23(28)18-12-13-20-21(15-18)26-22-11-5-3-4-8-14-27(22)24(20)29/h6-7,9-10,12-13,15,17H,3-5,8,11,14H2,1-2H3,(H,25,28)/t17-/m1/s1. The molecule has 2 heterocycles. The van der Waals surface area contributed by atoms with E-state index in [4.69, 9.17) is 4.98 Å². The van der Waals surface area contributed by atoms with Crippen molar-refractivity contribution in [2.24, 2.45) is 0 Å². The molecule has 1 aliphatic heterocycles. The summed E-state index contributed by atoms with van der Waals surface area (Å²) in [5.74, 6) is 0.685. The molecule has 29 heavy (non-hydrogen) atoms. The topological polar surface area (TPSA) is 64.0 Å². The van der Waals surface area contributed by atoms with E-state index in [-0.39, 0.29) is 17.5 Å². The molecule has 1 aliphatic rings. The molecule has 0 saturated heterocycles. The minimum atomic E-state index is -0.156. The highest BCUT2D eigenvalue weighted by molar-refractivity contribution is 5.97. The van der Waals surface area contributed by atoms with Gasteiger partial charge in [0.2, 0.25) is 0 Å². The number of fused-ring (bicyclic) bond motifs is 2. The summed E-state index contributed by atoms with van der Waals surface area (Å²) in [4.78, 5) is 30.5. The van der Waals surface area contributed by atoms with Crippen LogP contribution in [0.15, 0.2) is 47.3 Å². The minimum absolute atomic E-state index is 0.00661. The lowest BCUT2D eigenvalue weighted by Crippen LogP contribution is -2.28. The molecule has 0 radical (unpaired) electrons. The zero-order valence-corrected chi connectivity index (χ0v) is 17.1. The largest absolute Gasteiger partial charge is 0.346 e. The summed E-state index contributed by atoms with van der Waals surface area (Å²) >= 11 is 0. The highest BCUT2D eigenvalue weighted by Crippen LogP contribution is 2.19. The number of hydrogen-bond donors (Lipinski definition) is 1. The van der Waals surface area contributed by atoms with Gasteiger partial charge in [-0.05, 0) is 56.0 Å². The third kappa shape index (κ3) is 3.95. The van der Waals surface area contributed by atoms with E-state index in [1.807, 2.05) is 42.7 Å². The van der Waals surface area contributed by atoms with Gasteiger partial charge in [0.15, 0.2) is 0 Å². The van der Waals surface area contributed by atoms with Gasteiger partial charge < -0.3 is 5.32 Å². The first-order valence-corrected chi connectivity index (χ1v) is 10.4. The first-order valence-electron chi connectivity index (χ1n) is 10.4. The molecule has 1 atom stereocenters. The Hall–Kier alpha value is -2.95. The average molecular weight is 389 g/mol. The van der Waals surface area contributed by atoms with Crippen molar-refractivity contribution in [1.82, 2.24) is 14.9 Å². The normalized spacial score (nSPS) is 15.2. The fraction of sp³-hybridized carbons (Fsp3) is 0.375. The van der Waals surface area contributed by atoms with E-state index in [2.05, 4.69) is 5.32 Å². The van der Waals surface area contributed by atoms with E-state index in [1.54, 1.807) is 18.2 Å². The zero-order chi connectivity index (χ0) is 20.4. The van der Waals surface area contributed by atoms with Crippen molar-refractivity contribution in [3.05, 3.63) is 75.3 Å². The molecule has 0 fully saturated rings. The van der Waals surface area contributed by atoms with E-state index in [9.17, 15) is 9.59 Å². The van der Waals surface area contributed by atoms with Gasteiger partial charge in [-0.25, -0.2) is 4.98 Å². The van der Waals surface area contributed by atoms with Crippen LogP contribution in [0.3, 0.4) is 0 Å². The van der Waals surface area contributed by atoms with Gasteiger partial charge in [-0.2, -0.15) is 0 Å². The predicted octanol–water partition coefficient (Wildman–Crippen LogP) is 4.31. The van der Waals surface area contributed by atoms with Crippen LogP contribution in [0.2, 0.25) is 0 Å². The number of carbonyl (C=O) groups excluding carboxylic acids is 1. The van der Waals surface area contributed by atoms with Crippen molar-refractivity contribution in [3.8, 4) is 0 Å². The first kappa shape index (κ1) is 19.4. The van der Waals surface area contributed by atoms with Crippen molar-refractivity contribution >= 4 is 16.8 Å². The molecule has 0 bridgehead atoms. The molecular formula is C24H27N3O2. The van der Waals surface area contributed by atoms with Crippen molar-refractivity contribution in [1.29, 1.82) is 0 Å². The Morgan fingerprint density at radius 2 is 1.90 bits per heavy atom. The van der Waals surface area contributed by atoms with E-state index in [1.165, 1.54) is 6.42 Å². The fourth-order valence-electron chi connectivity index (χ4n) is 4.17. The second-order valence-electron chi connectivity index (χ2n) is 7.93. The lowest BCUT2D eigenvalue weighted by molar-refractivity contribution is 0.0940. The Morgan fingerprint density at radius 1 is 1.10 bits per heavy atom. The Labute approximate surface area is 170 Å². The van der Waals surface area contributed by atoms with E-state index in [0.29, 0.717) is 16.5 Å². The second kappa shape index (κ2) is 8.19. The molecule has 5 heteroatoms. The van der Waals surface area contributed by atoms with Crippen LogP contribution in [0.5, 0.6) is 0 Å². The summed E-state index contributed by atoms with van der Waals surface area (Å²) in [6.07, 6.45) is 5.20. The molecule has 0 spiro atoms. The maximum absolute atomic E-state index is 12.9. The van der Waals surface area contributed by atoms with Crippen LogP contribution in [0.4, 0.5) is 0 Å². The van der Waals surface area contributed by atoms with Gasteiger partial charge in [0.05, 0.1) is 16.9 Å². The summed E-state index contributed by atoms with van der Waals surface area (Å²) in [5, 5.41) is 3.64. The lowest BCUT2D eigenvalue weighted by atomic mass is 10.0. The molecule has 3 aromatic rings. The number of amides is 1. The quantitative estimate of drug-likeness (QED) is 0.726. The van der Waals surface area contributed by atoms with E-state index >= 15 is 0 Å². The van der Waals surface area contributed by atoms with Crippen LogP contribution >= 0.6 is 0 Å². The maximum Gasteiger partial charge on any atom is 0.261 e. The van der Waals surface area contributed by atoms with Gasteiger partial charge in [-0.3, -0.25) is 14.2 Å². The highest BCUT2D eigenvalue weighted by atomic mass is 16.1. The van der Waals surface area contributed by atoms with E-state index < -0.39 is 0 Å². The monoisotopic (exact) mass is 389 g/mol. The molecule has 150 valence electrons. The van der Waals surface area contributed by atoms with Gasteiger partial charge >= 0.3 is 0 Å². The summed E-state index contributed by atoms with van der Waals surface area (Å²) in [5.41, 5.74) is 3.39. The van der Waals surface area contributed by atoms with Crippen LogP contribution in [-0.2, 0) is 13.0 Å². The van der Waals surface area contributed by atoms with Crippen LogP contribution in [-0.4, -0.2) is 15.5 Å². The Kier molecular flexibility index (Phi) is 5.47. The molecule has 1 N–H and O–H groups in total. The highest BCUT2D eigenvalue weighted by Gasteiger charge is 2.16. The summed E-state index contributed by atoms with van der Waals surface area (Å²) in [6, 6.07) is 13.1. The number of nitrogens with zero attached hydrogens (tertiary/aromatic N) is 2. The fourth-order valence-corrected chi connectivity index (χ4v) is 4.17. The van der Waals surface area contributed by atoms with E-state index in [0.717, 1.165) is 49.2 Å². The molecule has 5 nitrogen and oxygen atoms in total. The number of aromatic nitrogens is 2. The molecule has 0 aliphatic carbocycles. The van der Waals surface area contributed by atoms with Gasteiger partial charge in [0.25, 0.3) is 11.5 Å². The summed E-state index contributed by atoms with van der Waals surface area (Å²) < 4.78 is 1.82. The van der Waals surface area contributed by atoms with Crippen LogP contribution in [0.1, 0.15) is 66.0 Å². The van der Waals surface area contributed by atoms with Crippen molar-refractivity contribution in [2.75, 3.05) is 0 Å². The lowest BCUT2D eigenvalue weighted by Gasteiger charge is -2.18. The van der Waals surface area contributed by atoms with Crippen molar-refractivity contribution in [3.63, 3.8) is 0 Å². The van der Waals surface area contributed by atoms with Gasteiger partial charge in [-0.15, -0.1) is 0 Å². The number of rotatable bonds is 3. The molecule has 4 rings (SSSR count). The molecular weight excluding hydrogens is 362 g/mol. The third-order valence-corrected chi connectivity index (χ3v) is 5.83. The SMILES string of the molecule is Cc1ccccc1[C@@H](C)NC(=O)c1ccc2c(=O)n3c(nc2c1)CCCCCC3. The third-order valence-electron chi connectivity index (χ3n) is 5.83. The Balaban J connectivity index is 1.64. The maximum atomic E-state index is 12.9. The van der Waals surface area contributed by atoms with Crippen LogP contribution in [0.25, 0.3) is 10.9 Å². The molecule has 2 aromatic carbocycles. The van der Waals surface area contributed by atoms with Gasteiger partial charge in [-0.1, -0.05) is 37.1 Å². The number of benzene rings is 2. The van der Waals surface area contributed by atoms with Gasteiger partial charge in [0, 0.05) is 18.5 Å². The average Bonchev–Trinajstić information content (AvgIpc) is 2.69. The second-order valence-corrected chi connectivity index (χ2v) is 7.93. The zero-order valence-electron chi connectivity index (χ0n) is 17.1. The van der Waals surface area contributed by atoms with Crippen molar-refractivity contribution in [2.45, 2.75) is 58.5 Å². The molecule has 1 amide bonds. The summed E-state index contributed by atoms with van der Waals surface area (Å²) in [7, 11) is 0. The molecule has 0 unspecified atom stereocenters. The van der Waals surface area contributed by atoms with Crippen LogP contribution in [0, 0.1) is 6.92 Å². The predicted molar refractivity (Wildman–Crippen MR) is 115 cm³/mol. The van der Waals surface area contributed by atoms with Gasteiger partial charge in [0.1, 0.15) is 5.82 Å². The number of aryl methyl sites for hydroxylation is 2. The summed E-state index contributed by atoms with van der Waals surface area (Å²) in [6.45, 7) is 4.75. The van der Waals surface area contributed by atoms with Crippen molar-refractivity contribution < 1.29 is 4.79 Å². The number of hydrogen-bond acceptors (Lipinski definition) is 3. The molecule has 1 aromatic heterocycles. The van der Waals surface area contributed by atoms with Crippen LogP contribution < -0.4 is 10.9 Å². The first-order chi connectivity index (χ1) is 14.0. The Bertz CT molecular complexity index is 1120. The minimum Gasteiger partial charge on any atom is -0.346 e. The Morgan fingerprint density at radius 3 is 2.72 bits per heavy atom.